The predicted octanol–water partition coefficient (Wildman–Crippen LogP) is 1.48. The molecule has 3 N–H and O–H groups in total. The summed E-state index contributed by atoms with van der Waals surface area (Å²) in [5, 5.41) is 10.8. The number of aliphatic hydroxyl groups is 1. The van der Waals surface area contributed by atoms with Gasteiger partial charge >= 0.3 is 0 Å². The largest absolute Gasteiger partial charge is 0.392 e. The van der Waals surface area contributed by atoms with Crippen LogP contribution in [0.25, 0.3) is 0 Å². The van der Waals surface area contributed by atoms with Crippen LogP contribution in [0.3, 0.4) is 0 Å². The van der Waals surface area contributed by atoms with Crippen LogP contribution < -0.4 is 5.73 Å². The second-order valence-corrected chi connectivity index (χ2v) is 4.48. The lowest BCUT2D eigenvalue weighted by atomic mass is 9.91. The van der Waals surface area contributed by atoms with Gasteiger partial charge in [-0.3, -0.25) is 0 Å². The van der Waals surface area contributed by atoms with Crippen LogP contribution in [0, 0.1) is 0 Å². The van der Waals surface area contributed by atoms with Crippen molar-refractivity contribution in [2.75, 3.05) is 6.54 Å². The van der Waals surface area contributed by atoms with Crippen molar-refractivity contribution in [3.8, 4) is 0 Å². The van der Waals surface area contributed by atoms with Crippen LogP contribution in [0.1, 0.15) is 24.3 Å². The van der Waals surface area contributed by atoms with Crippen LogP contribution in [0.15, 0.2) is 11.4 Å². The molecule has 0 aliphatic rings. The summed E-state index contributed by atoms with van der Waals surface area (Å²) < 4.78 is 0. The van der Waals surface area contributed by atoms with Crippen LogP contribution in [0.5, 0.6) is 0 Å². The number of aliphatic hydroxyl groups excluding tert-OH is 1. The molecule has 0 saturated carbocycles. The predicted molar refractivity (Wildman–Crippen MR) is 52.3 cm³/mol. The van der Waals surface area contributed by atoms with Crippen molar-refractivity contribution in [2.45, 2.75) is 25.9 Å². The van der Waals surface area contributed by atoms with Gasteiger partial charge in [0.05, 0.1) is 6.61 Å². The van der Waals surface area contributed by atoms with Gasteiger partial charge in [-0.2, -0.15) is 0 Å². The minimum Gasteiger partial charge on any atom is -0.392 e. The summed E-state index contributed by atoms with van der Waals surface area (Å²) in [7, 11) is 0. The zero-order chi connectivity index (χ0) is 9.19. The summed E-state index contributed by atoms with van der Waals surface area (Å²) >= 11 is 1.67. The maximum Gasteiger partial charge on any atom is 0.0690 e. The highest BCUT2D eigenvalue weighted by Gasteiger charge is 2.20. The van der Waals surface area contributed by atoms with Crippen molar-refractivity contribution in [2.24, 2.45) is 5.73 Å². The fourth-order valence-corrected chi connectivity index (χ4v) is 1.96. The van der Waals surface area contributed by atoms with E-state index in [0.717, 1.165) is 5.56 Å². The SMILES string of the molecule is CC(C)(CN)c1cc(CO)cs1. The van der Waals surface area contributed by atoms with Gasteiger partial charge in [0.25, 0.3) is 0 Å². The molecule has 12 heavy (non-hydrogen) atoms. The third-order valence-electron chi connectivity index (χ3n) is 2.01. The molecule has 1 aromatic heterocycles. The summed E-state index contributed by atoms with van der Waals surface area (Å²) in [4.78, 5) is 1.24. The van der Waals surface area contributed by atoms with Gasteiger partial charge < -0.3 is 10.8 Å². The van der Waals surface area contributed by atoms with Crippen molar-refractivity contribution in [3.05, 3.63) is 21.9 Å². The van der Waals surface area contributed by atoms with Gasteiger partial charge in [0.15, 0.2) is 0 Å². The van der Waals surface area contributed by atoms with Crippen LogP contribution in [-0.2, 0) is 12.0 Å². The third kappa shape index (κ3) is 1.86. The normalized spacial score (nSPS) is 12.0. The van der Waals surface area contributed by atoms with Crippen LogP contribution in [0.4, 0.5) is 0 Å². The molecule has 0 saturated heterocycles. The molecule has 0 aromatic carbocycles. The fourth-order valence-electron chi connectivity index (χ4n) is 0.914. The number of hydrogen-bond donors (Lipinski definition) is 2. The van der Waals surface area contributed by atoms with Crippen molar-refractivity contribution < 1.29 is 5.11 Å². The molecule has 1 rings (SSSR count). The van der Waals surface area contributed by atoms with E-state index in [1.807, 2.05) is 11.4 Å². The quantitative estimate of drug-likeness (QED) is 0.749. The van der Waals surface area contributed by atoms with E-state index in [1.165, 1.54) is 4.88 Å². The Morgan fingerprint density at radius 2 is 2.25 bits per heavy atom. The molecule has 0 fully saturated rings. The van der Waals surface area contributed by atoms with E-state index >= 15 is 0 Å². The molecule has 0 atom stereocenters. The molecule has 3 heteroatoms. The molecule has 0 amide bonds. The molecule has 0 unspecified atom stereocenters. The Bertz CT molecular complexity index is 255. The summed E-state index contributed by atoms with van der Waals surface area (Å²) in [6.07, 6.45) is 0. The van der Waals surface area contributed by atoms with E-state index in [-0.39, 0.29) is 12.0 Å². The second-order valence-electron chi connectivity index (χ2n) is 3.57. The monoisotopic (exact) mass is 185 g/mol. The van der Waals surface area contributed by atoms with Gasteiger partial charge in [-0.05, 0) is 17.0 Å². The Kier molecular flexibility index (Phi) is 2.88. The lowest BCUT2D eigenvalue weighted by Gasteiger charge is -2.19. The van der Waals surface area contributed by atoms with Gasteiger partial charge in [-0.25, -0.2) is 0 Å². The second kappa shape index (κ2) is 3.56. The Balaban J connectivity index is 2.88. The summed E-state index contributed by atoms with van der Waals surface area (Å²) in [5.41, 5.74) is 6.66. The van der Waals surface area contributed by atoms with Crippen molar-refractivity contribution in [1.29, 1.82) is 0 Å². The first-order chi connectivity index (χ1) is 5.60. The molecule has 2 nitrogen and oxygen atoms in total. The lowest BCUT2D eigenvalue weighted by molar-refractivity contribution is 0.282. The Hall–Kier alpha value is -0.380. The average molecular weight is 185 g/mol. The molecule has 0 aliphatic carbocycles. The van der Waals surface area contributed by atoms with Gasteiger partial charge in [-0.15, -0.1) is 11.3 Å². The zero-order valence-electron chi connectivity index (χ0n) is 7.50. The number of thiophene rings is 1. The van der Waals surface area contributed by atoms with Crippen LogP contribution >= 0.6 is 11.3 Å². The van der Waals surface area contributed by atoms with Gasteiger partial charge in [0, 0.05) is 16.8 Å². The first kappa shape index (κ1) is 9.71. The third-order valence-corrected chi connectivity index (χ3v) is 3.36. The van der Waals surface area contributed by atoms with Crippen molar-refractivity contribution in [3.63, 3.8) is 0 Å². The fraction of sp³-hybridized carbons (Fsp3) is 0.556. The van der Waals surface area contributed by atoms with Crippen LogP contribution in [-0.4, -0.2) is 11.7 Å². The topological polar surface area (TPSA) is 46.2 Å². The molecule has 0 bridgehead atoms. The molecule has 0 radical (unpaired) electrons. The molecule has 1 aromatic rings. The minimum absolute atomic E-state index is 0.0398. The van der Waals surface area contributed by atoms with E-state index in [2.05, 4.69) is 13.8 Å². The van der Waals surface area contributed by atoms with Gasteiger partial charge in [0.2, 0.25) is 0 Å². The average Bonchev–Trinajstić information content (AvgIpc) is 2.52. The lowest BCUT2D eigenvalue weighted by Crippen LogP contribution is -2.26. The highest BCUT2D eigenvalue weighted by atomic mass is 32.1. The molecular formula is C9H15NOS. The number of nitrogens with two attached hydrogens (primary N) is 1. The minimum atomic E-state index is 0.0398. The number of hydrogen-bond acceptors (Lipinski definition) is 3. The first-order valence-corrected chi connectivity index (χ1v) is 4.87. The highest BCUT2D eigenvalue weighted by Crippen LogP contribution is 2.28. The van der Waals surface area contributed by atoms with Crippen LogP contribution in [0.2, 0.25) is 0 Å². The smallest absolute Gasteiger partial charge is 0.0690 e. The zero-order valence-corrected chi connectivity index (χ0v) is 8.32. The summed E-state index contributed by atoms with van der Waals surface area (Å²) in [6.45, 7) is 4.98. The van der Waals surface area contributed by atoms with E-state index in [0.29, 0.717) is 6.54 Å². The van der Waals surface area contributed by atoms with E-state index < -0.39 is 0 Å². The van der Waals surface area contributed by atoms with Crippen molar-refractivity contribution in [1.82, 2.24) is 0 Å². The van der Waals surface area contributed by atoms with Gasteiger partial charge in [-0.1, -0.05) is 13.8 Å². The summed E-state index contributed by atoms with van der Waals surface area (Å²) in [6, 6.07) is 2.03. The molecule has 1 heterocycles. The molecule has 68 valence electrons. The maximum atomic E-state index is 8.86. The van der Waals surface area contributed by atoms with E-state index in [9.17, 15) is 0 Å². The van der Waals surface area contributed by atoms with E-state index in [1.54, 1.807) is 11.3 Å². The van der Waals surface area contributed by atoms with Crippen molar-refractivity contribution >= 4 is 11.3 Å². The summed E-state index contributed by atoms with van der Waals surface area (Å²) in [5.74, 6) is 0. The maximum absolute atomic E-state index is 8.86. The Morgan fingerprint density at radius 3 is 2.67 bits per heavy atom. The Labute approximate surface area is 77.0 Å². The Morgan fingerprint density at radius 1 is 1.58 bits per heavy atom. The van der Waals surface area contributed by atoms with E-state index in [4.69, 9.17) is 10.8 Å². The first-order valence-electron chi connectivity index (χ1n) is 3.99. The highest BCUT2D eigenvalue weighted by molar-refractivity contribution is 7.10. The standard InChI is InChI=1S/C9H15NOS/c1-9(2,6-10)8-3-7(4-11)5-12-8/h3,5,11H,4,6,10H2,1-2H3. The number of rotatable bonds is 3. The molecule has 0 aliphatic heterocycles. The van der Waals surface area contributed by atoms with Gasteiger partial charge in [0.1, 0.15) is 0 Å². The molecule has 0 spiro atoms. The molecular weight excluding hydrogens is 170 g/mol.